The maximum absolute atomic E-state index is 12.1. The number of likely N-dealkylation sites (tertiary alicyclic amines) is 1. The lowest BCUT2D eigenvalue weighted by Crippen LogP contribution is -2.33. The van der Waals surface area contributed by atoms with E-state index in [1.165, 1.54) is 7.05 Å². The molecule has 2 heterocycles. The van der Waals surface area contributed by atoms with E-state index in [0.717, 1.165) is 10.5 Å². The monoisotopic (exact) mass is 262 g/mol. The van der Waals surface area contributed by atoms with Crippen LogP contribution in [0.2, 0.25) is 0 Å². The van der Waals surface area contributed by atoms with Gasteiger partial charge in [0.2, 0.25) is 5.91 Å². The summed E-state index contributed by atoms with van der Waals surface area (Å²) in [6.45, 7) is 0. The standard InChI is InChI=1S/C13H14N2O4/c1-14-12(17)9-10(7-3-5-8(16)6-4-7)15(2)19-11(9)13(14)18/h3-6,9-11,16H,1-2H3. The molecule has 0 spiro atoms. The maximum Gasteiger partial charge on any atom is 0.261 e. The smallest absolute Gasteiger partial charge is 0.261 e. The summed E-state index contributed by atoms with van der Waals surface area (Å²) in [5, 5.41) is 10.9. The molecule has 100 valence electrons. The first-order valence-corrected chi connectivity index (χ1v) is 6.00. The lowest BCUT2D eigenvalue weighted by Gasteiger charge is -2.22. The SMILES string of the molecule is CN1C(=O)C2ON(C)C(c3ccc(O)cc3)C2C1=O. The number of hydroxylamine groups is 2. The quantitative estimate of drug-likeness (QED) is 0.737. The second-order valence-electron chi connectivity index (χ2n) is 4.87. The number of phenols is 1. The molecule has 2 saturated heterocycles. The van der Waals surface area contributed by atoms with Crippen molar-refractivity contribution < 1.29 is 19.5 Å². The third kappa shape index (κ3) is 1.64. The van der Waals surface area contributed by atoms with Crippen molar-refractivity contribution >= 4 is 11.8 Å². The summed E-state index contributed by atoms with van der Waals surface area (Å²) in [5.74, 6) is -0.889. The summed E-state index contributed by atoms with van der Waals surface area (Å²) >= 11 is 0. The topological polar surface area (TPSA) is 70.1 Å². The number of imide groups is 1. The van der Waals surface area contributed by atoms with Crippen molar-refractivity contribution in [1.29, 1.82) is 0 Å². The van der Waals surface area contributed by atoms with E-state index in [0.29, 0.717) is 0 Å². The van der Waals surface area contributed by atoms with Gasteiger partial charge in [-0.3, -0.25) is 19.3 Å². The van der Waals surface area contributed by atoms with E-state index in [9.17, 15) is 14.7 Å². The molecule has 1 aromatic rings. The fourth-order valence-electron chi connectivity index (χ4n) is 2.78. The van der Waals surface area contributed by atoms with Crippen LogP contribution in [0.15, 0.2) is 24.3 Å². The second kappa shape index (κ2) is 4.04. The highest BCUT2D eigenvalue weighted by Gasteiger charge is 2.57. The number of carbonyl (C=O) groups is 2. The first-order chi connectivity index (χ1) is 9.00. The molecule has 3 unspecified atom stereocenters. The molecule has 1 N–H and O–H groups in total. The predicted octanol–water partition coefficient (Wildman–Crippen LogP) is 0.294. The van der Waals surface area contributed by atoms with Crippen LogP contribution >= 0.6 is 0 Å². The summed E-state index contributed by atoms with van der Waals surface area (Å²) in [7, 11) is 3.18. The van der Waals surface area contributed by atoms with Gasteiger partial charge < -0.3 is 5.11 Å². The van der Waals surface area contributed by atoms with Gasteiger partial charge >= 0.3 is 0 Å². The fourth-order valence-corrected chi connectivity index (χ4v) is 2.78. The molecule has 2 amide bonds. The van der Waals surface area contributed by atoms with E-state index < -0.39 is 12.0 Å². The van der Waals surface area contributed by atoms with E-state index in [1.807, 2.05) is 0 Å². The van der Waals surface area contributed by atoms with Crippen LogP contribution in [0.4, 0.5) is 0 Å². The Balaban J connectivity index is 2.00. The van der Waals surface area contributed by atoms with Gasteiger partial charge in [0.05, 0.1) is 12.0 Å². The Bertz CT molecular complexity index is 542. The zero-order valence-electron chi connectivity index (χ0n) is 10.6. The Kier molecular flexibility index (Phi) is 2.58. The van der Waals surface area contributed by atoms with Gasteiger partial charge in [0.25, 0.3) is 5.91 Å². The lowest BCUT2D eigenvalue weighted by atomic mass is 9.91. The molecule has 2 aliphatic heterocycles. The number of benzene rings is 1. The molecule has 0 bridgehead atoms. The average Bonchev–Trinajstić information content (AvgIpc) is 2.83. The normalized spacial score (nSPS) is 31.1. The first kappa shape index (κ1) is 12.1. The molecule has 1 aromatic carbocycles. The van der Waals surface area contributed by atoms with E-state index in [4.69, 9.17) is 4.84 Å². The molecule has 0 aromatic heterocycles. The van der Waals surface area contributed by atoms with Gasteiger partial charge in [0.1, 0.15) is 5.75 Å². The molecule has 2 aliphatic rings. The Hall–Kier alpha value is -1.92. The molecular formula is C13H14N2O4. The highest BCUT2D eigenvalue weighted by Crippen LogP contribution is 2.43. The Morgan fingerprint density at radius 3 is 2.37 bits per heavy atom. The van der Waals surface area contributed by atoms with Crippen LogP contribution in [0.3, 0.4) is 0 Å². The van der Waals surface area contributed by atoms with Gasteiger partial charge in [0.15, 0.2) is 6.10 Å². The number of hydrogen-bond acceptors (Lipinski definition) is 5. The minimum Gasteiger partial charge on any atom is -0.508 e. The number of likely N-dealkylation sites (N-methyl/N-ethyl adjacent to an activating group) is 1. The summed E-state index contributed by atoms with van der Waals surface area (Å²) in [5.41, 5.74) is 0.837. The molecule has 6 nitrogen and oxygen atoms in total. The van der Waals surface area contributed by atoms with E-state index >= 15 is 0 Å². The molecule has 0 saturated carbocycles. The van der Waals surface area contributed by atoms with Crippen molar-refractivity contribution in [3.8, 4) is 5.75 Å². The van der Waals surface area contributed by atoms with Gasteiger partial charge in [0, 0.05) is 14.1 Å². The minimum atomic E-state index is -0.735. The maximum atomic E-state index is 12.1. The lowest BCUT2D eigenvalue weighted by molar-refractivity contribution is -0.168. The van der Waals surface area contributed by atoms with Gasteiger partial charge in [-0.1, -0.05) is 12.1 Å². The van der Waals surface area contributed by atoms with Gasteiger partial charge in [-0.15, -0.1) is 0 Å². The van der Waals surface area contributed by atoms with Crippen LogP contribution in [0.1, 0.15) is 11.6 Å². The van der Waals surface area contributed by atoms with Crippen molar-refractivity contribution in [1.82, 2.24) is 9.96 Å². The number of nitrogens with zero attached hydrogens (tertiary/aromatic N) is 2. The fraction of sp³-hybridized carbons (Fsp3) is 0.385. The largest absolute Gasteiger partial charge is 0.508 e. The molecule has 2 fully saturated rings. The summed E-state index contributed by atoms with van der Waals surface area (Å²) in [6.07, 6.45) is -0.735. The van der Waals surface area contributed by atoms with Gasteiger partial charge in [-0.2, -0.15) is 5.06 Å². The molecule has 3 rings (SSSR count). The van der Waals surface area contributed by atoms with E-state index in [2.05, 4.69) is 0 Å². The average molecular weight is 262 g/mol. The number of hydrogen-bond donors (Lipinski definition) is 1. The molecule has 6 heteroatoms. The molecule has 3 atom stereocenters. The zero-order chi connectivity index (χ0) is 13.7. The summed E-state index contributed by atoms with van der Waals surface area (Å²) in [6, 6.07) is 6.27. The van der Waals surface area contributed by atoms with Crippen LogP contribution in [0.25, 0.3) is 0 Å². The second-order valence-corrected chi connectivity index (χ2v) is 4.87. The number of phenolic OH excluding ortho intramolecular Hbond substituents is 1. The molecule has 19 heavy (non-hydrogen) atoms. The molecule has 0 radical (unpaired) electrons. The van der Waals surface area contributed by atoms with E-state index in [-0.39, 0.29) is 23.6 Å². The third-order valence-electron chi connectivity index (χ3n) is 3.76. The number of amides is 2. The predicted molar refractivity (Wildman–Crippen MR) is 64.8 cm³/mol. The molecule has 0 aliphatic carbocycles. The van der Waals surface area contributed by atoms with Crippen LogP contribution in [-0.2, 0) is 14.4 Å². The van der Waals surface area contributed by atoms with Crippen LogP contribution in [0.5, 0.6) is 5.75 Å². The Labute approximate surface area is 110 Å². The van der Waals surface area contributed by atoms with Crippen LogP contribution in [-0.4, -0.2) is 47.1 Å². The van der Waals surface area contributed by atoms with Crippen molar-refractivity contribution in [2.75, 3.05) is 14.1 Å². The highest BCUT2D eigenvalue weighted by atomic mass is 16.7. The highest BCUT2D eigenvalue weighted by molar-refractivity contribution is 6.07. The number of carbonyl (C=O) groups excluding carboxylic acids is 2. The summed E-state index contributed by atoms with van der Waals surface area (Å²) in [4.78, 5) is 30.6. The van der Waals surface area contributed by atoms with Gasteiger partial charge in [-0.05, 0) is 17.7 Å². The Morgan fingerprint density at radius 1 is 1.11 bits per heavy atom. The van der Waals surface area contributed by atoms with Crippen molar-refractivity contribution in [2.45, 2.75) is 12.1 Å². The van der Waals surface area contributed by atoms with E-state index in [1.54, 1.807) is 36.4 Å². The number of rotatable bonds is 1. The van der Waals surface area contributed by atoms with Crippen LogP contribution in [0, 0.1) is 5.92 Å². The molecular weight excluding hydrogens is 248 g/mol. The summed E-state index contributed by atoms with van der Waals surface area (Å²) < 4.78 is 0. The van der Waals surface area contributed by atoms with Crippen molar-refractivity contribution in [3.05, 3.63) is 29.8 Å². The number of aromatic hydroxyl groups is 1. The zero-order valence-corrected chi connectivity index (χ0v) is 10.6. The van der Waals surface area contributed by atoms with Gasteiger partial charge in [-0.25, -0.2) is 0 Å². The van der Waals surface area contributed by atoms with Crippen molar-refractivity contribution in [3.63, 3.8) is 0 Å². The van der Waals surface area contributed by atoms with Crippen LogP contribution < -0.4 is 0 Å². The van der Waals surface area contributed by atoms with Crippen molar-refractivity contribution in [2.24, 2.45) is 5.92 Å². The minimum absolute atomic E-state index is 0.160. The number of fused-ring (bicyclic) bond motifs is 1. The first-order valence-electron chi connectivity index (χ1n) is 6.00. The third-order valence-corrected chi connectivity index (χ3v) is 3.76. The Morgan fingerprint density at radius 2 is 1.74 bits per heavy atom.